The van der Waals surface area contributed by atoms with Gasteiger partial charge in [0, 0.05) is 50.8 Å². The van der Waals surface area contributed by atoms with Crippen LogP contribution in [0.5, 0.6) is 0 Å². The van der Waals surface area contributed by atoms with E-state index in [0.29, 0.717) is 75.9 Å². The molecule has 1 aliphatic heterocycles. The van der Waals surface area contributed by atoms with E-state index in [2.05, 4.69) is 15.6 Å². The van der Waals surface area contributed by atoms with E-state index in [9.17, 15) is 24.3 Å². The minimum Gasteiger partial charge on any atom is -0.478 e. The quantitative estimate of drug-likeness (QED) is 0.0877. The van der Waals surface area contributed by atoms with Gasteiger partial charge in [-0.3, -0.25) is 19.3 Å². The normalized spacial score (nSPS) is 18.0. The fourth-order valence-corrected chi connectivity index (χ4v) is 6.25. The summed E-state index contributed by atoms with van der Waals surface area (Å²) in [7, 11) is 3.89. The van der Waals surface area contributed by atoms with Gasteiger partial charge < -0.3 is 30.1 Å². The second-order valence-corrected chi connectivity index (χ2v) is 13.8. The zero-order valence-corrected chi connectivity index (χ0v) is 31.5. The summed E-state index contributed by atoms with van der Waals surface area (Å²) in [5.41, 5.74) is 2.88. The highest BCUT2D eigenvalue weighted by Crippen LogP contribution is 2.25. The van der Waals surface area contributed by atoms with Crippen LogP contribution in [0.2, 0.25) is 0 Å². The van der Waals surface area contributed by atoms with Crippen molar-refractivity contribution in [3.8, 4) is 0 Å². The number of amidine groups is 1. The highest BCUT2D eigenvalue weighted by atomic mass is 35.5. The second kappa shape index (κ2) is 21.9. The number of carboxylic acid groups (broad SMARTS) is 1. The van der Waals surface area contributed by atoms with Gasteiger partial charge in [0.25, 0.3) is 5.91 Å². The lowest BCUT2D eigenvalue weighted by Crippen LogP contribution is -2.46. The number of benzene rings is 2. The molecule has 0 radical (unpaired) electrons. The molecule has 13 heteroatoms. The molecule has 0 unspecified atom stereocenters. The number of hydrogen-bond acceptors (Lipinski definition) is 8. The van der Waals surface area contributed by atoms with Crippen molar-refractivity contribution in [2.24, 2.45) is 10.9 Å². The first-order valence-corrected chi connectivity index (χ1v) is 18.9. The molecule has 3 N–H and O–H groups in total. The van der Waals surface area contributed by atoms with Gasteiger partial charge in [-0.25, -0.2) is 9.79 Å². The van der Waals surface area contributed by atoms with E-state index >= 15 is 0 Å². The zero-order chi connectivity index (χ0) is 38.0. The van der Waals surface area contributed by atoms with Crippen LogP contribution >= 0.6 is 11.6 Å². The van der Waals surface area contributed by atoms with Crippen LogP contribution < -0.4 is 15.5 Å². The number of aliphatic imine (C=N–C) groups is 1. The maximum absolute atomic E-state index is 13.6. The Morgan fingerprint density at radius 2 is 1.55 bits per heavy atom. The van der Waals surface area contributed by atoms with Crippen LogP contribution in [0.3, 0.4) is 0 Å². The number of halogens is 1. The number of carboxylic acids is 1. The van der Waals surface area contributed by atoms with Gasteiger partial charge in [-0.05, 0) is 86.1 Å². The van der Waals surface area contributed by atoms with E-state index in [4.69, 9.17) is 21.1 Å². The number of carbonyl (C=O) groups excluding carboxylic acids is 3. The highest BCUT2D eigenvalue weighted by Gasteiger charge is 2.32. The first-order valence-electron chi connectivity index (χ1n) is 18.3. The Morgan fingerprint density at radius 3 is 2.21 bits per heavy atom. The van der Waals surface area contributed by atoms with E-state index in [-0.39, 0.29) is 41.6 Å². The lowest BCUT2D eigenvalue weighted by Gasteiger charge is -2.29. The molecule has 2 aliphatic rings. The van der Waals surface area contributed by atoms with Crippen molar-refractivity contribution in [3.05, 3.63) is 77.0 Å². The minimum atomic E-state index is -1.02. The van der Waals surface area contributed by atoms with Crippen LogP contribution in [-0.4, -0.2) is 105 Å². The van der Waals surface area contributed by atoms with Crippen LogP contribution in [-0.2, 0) is 23.9 Å². The molecular formula is C40H52ClN5O7. The SMILES string of the molecule is CN(C)c1ccc(/C=C2N=C(/C=C/c3ccc(C(=O)O)cc3)N(CC(=O)NC3CCC(C(=O)NCCOCCOCCCCCCCl)CC3)C\2=O)cc1. The predicted molar refractivity (Wildman–Crippen MR) is 208 cm³/mol. The smallest absolute Gasteiger partial charge is 0.335 e. The lowest BCUT2D eigenvalue weighted by atomic mass is 9.85. The molecule has 0 saturated heterocycles. The molecule has 4 rings (SSSR count). The number of alkyl halides is 1. The Bertz CT molecular complexity index is 1600. The van der Waals surface area contributed by atoms with Crippen molar-refractivity contribution >= 4 is 59.0 Å². The zero-order valence-electron chi connectivity index (χ0n) is 30.7. The van der Waals surface area contributed by atoms with Crippen LogP contribution in [0.15, 0.2) is 65.3 Å². The lowest BCUT2D eigenvalue weighted by molar-refractivity contribution is -0.129. The van der Waals surface area contributed by atoms with Crippen molar-refractivity contribution in [2.45, 2.75) is 57.4 Å². The average molecular weight is 750 g/mol. The fraction of sp³-hybridized carbons (Fsp3) is 0.475. The maximum Gasteiger partial charge on any atom is 0.335 e. The molecule has 286 valence electrons. The largest absolute Gasteiger partial charge is 0.478 e. The molecule has 0 bridgehead atoms. The van der Waals surface area contributed by atoms with Crippen molar-refractivity contribution < 1.29 is 33.8 Å². The van der Waals surface area contributed by atoms with Gasteiger partial charge >= 0.3 is 5.97 Å². The maximum atomic E-state index is 13.6. The topological polar surface area (TPSA) is 150 Å². The third-order valence-corrected chi connectivity index (χ3v) is 9.39. The first kappa shape index (κ1) is 41.2. The molecule has 0 spiro atoms. The third kappa shape index (κ3) is 13.8. The molecule has 2 aromatic rings. The molecule has 1 saturated carbocycles. The van der Waals surface area contributed by atoms with Gasteiger partial charge in [0.15, 0.2) is 0 Å². The van der Waals surface area contributed by atoms with Crippen LogP contribution in [0.4, 0.5) is 5.69 Å². The van der Waals surface area contributed by atoms with E-state index in [1.54, 1.807) is 30.4 Å². The Morgan fingerprint density at radius 1 is 0.887 bits per heavy atom. The number of amides is 3. The standard InChI is InChI=1S/C40H52ClN5O7/c1-45(2)34-18-9-30(10-19-34)27-35-39(49)46(36(44-35)20-11-29-7-12-32(13-8-29)40(50)51)28-37(47)43-33-16-14-31(15-17-33)38(48)42-22-24-53-26-25-52-23-6-4-3-5-21-41/h7-13,18-20,27,31,33H,3-6,14-17,21-26,28H2,1-2H3,(H,42,48)(H,43,47)(H,50,51)/b20-11+,35-27-. The number of aromatic carboxylic acids is 1. The Kier molecular flexibility index (Phi) is 17.0. The fourth-order valence-electron chi connectivity index (χ4n) is 6.06. The van der Waals surface area contributed by atoms with Gasteiger partial charge in [0.05, 0.1) is 25.4 Å². The number of ether oxygens (including phenoxy) is 2. The Labute approximate surface area is 317 Å². The summed E-state index contributed by atoms with van der Waals surface area (Å²) in [5.74, 6) is -0.863. The highest BCUT2D eigenvalue weighted by molar-refractivity contribution is 6.19. The van der Waals surface area contributed by atoms with Gasteiger partial charge in [-0.2, -0.15) is 0 Å². The second-order valence-electron chi connectivity index (χ2n) is 13.4. The number of rotatable bonds is 21. The minimum absolute atomic E-state index is 0.00449. The Balaban J connectivity index is 1.24. The van der Waals surface area contributed by atoms with Gasteiger partial charge in [0.1, 0.15) is 18.1 Å². The molecule has 1 heterocycles. The summed E-state index contributed by atoms with van der Waals surface area (Å²) in [6.45, 7) is 2.36. The monoisotopic (exact) mass is 749 g/mol. The number of anilines is 1. The number of hydrogen-bond donors (Lipinski definition) is 3. The molecule has 0 aromatic heterocycles. The van der Waals surface area contributed by atoms with Crippen molar-refractivity contribution in [2.75, 3.05) is 64.4 Å². The molecule has 0 atom stereocenters. The predicted octanol–water partition coefficient (Wildman–Crippen LogP) is 5.37. The van der Waals surface area contributed by atoms with Crippen LogP contribution in [0, 0.1) is 5.92 Å². The van der Waals surface area contributed by atoms with Gasteiger partial charge in [-0.1, -0.05) is 43.2 Å². The van der Waals surface area contributed by atoms with Crippen molar-refractivity contribution in [3.63, 3.8) is 0 Å². The van der Waals surface area contributed by atoms with Gasteiger partial charge in [0.2, 0.25) is 11.8 Å². The summed E-state index contributed by atoms with van der Waals surface area (Å²) in [4.78, 5) is 58.8. The summed E-state index contributed by atoms with van der Waals surface area (Å²) in [5, 5.41) is 15.2. The van der Waals surface area contributed by atoms with Crippen molar-refractivity contribution in [1.29, 1.82) is 0 Å². The summed E-state index contributed by atoms with van der Waals surface area (Å²) >= 11 is 5.68. The summed E-state index contributed by atoms with van der Waals surface area (Å²) in [6.07, 6.45) is 12.0. The third-order valence-electron chi connectivity index (χ3n) is 9.13. The molecular weight excluding hydrogens is 698 g/mol. The molecule has 12 nitrogen and oxygen atoms in total. The number of nitrogens with zero attached hydrogens (tertiary/aromatic N) is 3. The molecule has 1 fully saturated rings. The van der Waals surface area contributed by atoms with E-state index < -0.39 is 11.9 Å². The molecule has 1 aliphatic carbocycles. The van der Waals surface area contributed by atoms with Crippen molar-refractivity contribution in [1.82, 2.24) is 15.5 Å². The van der Waals surface area contributed by atoms with E-state index in [0.717, 1.165) is 36.9 Å². The van der Waals surface area contributed by atoms with E-state index in [1.165, 1.54) is 17.0 Å². The van der Waals surface area contributed by atoms with Gasteiger partial charge in [-0.15, -0.1) is 11.6 Å². The summed E-state index contributed by atoms with van der Waals surface area (Å²) < 4.78 is 11.1. The number of unbranched alkanes of at least 4 members (excludes halogenated alkanes) is 3. The average Bonchev–Trinajstić information content (AvgIpc) is 3.44. The molecule has 3 amide bonds. The Hall–Kier alpha value is -4.52. The van der Waals surface area contributed by atoms with Crippen LogP contribution in [0.1, 0.15) is 72.9 Å². The van der Waals surface area contributed by atoms with E-state index in [1.807, 2.05) is 43.3 Å². The number of nitrogens with one attached hydrogen (secondary N) is 2. The number of carbonyl (C=O) groups is 4. The molecule has 53 heavy (non-hydrogen) atoms. The van der Waals surface area contributed by atoms with Crippen LogP contribution in [0.25, 0.3) is 12.2 Å². The summed E-state index contributed by atoms with van der Waals surface area (Å²) in [6, 6.07) is 13.9. The molecule has 2 aromatic carbocycles. The first-order chi connectivity index (χ1) is 25.6.